The Bertz CT molecular complexity index is 270. The number of hydrogen-bond donors (Lipinski definition) is 0. The Hall–Kier alpha value is -1.25. The van der Waals surface area contributed by atoms with Crippen molar-refractivity contribution in [3.63, 3.8) is 0 Å². The SMILES string of the molecule is CC(C)(C)C(=O)OCn1cccc1. The van der Waals surface area contributed by atoms with Gasteiger partial charge in [-0.15, -0.1) is 0 Å². The molecule has 0 fully saturated rings. The molecule has 0 aromatic carbocycles. The third-order valence-corrected chi connectivity index (χ3v) is 1.62. The van der Waals surface area contributed by atoms with Crippen molar-refractivity contribution in [3.05, 3.63) is 24.5 Å². The van der Waals surface area contributed by atoms with Gasteiger partial charge in [0, 0.05) is 12.4 Å². The number of esters is 1. The normalized spacial score (nSPS) is 11.3. The summed E-state index contributed by atoms with van der Waals surface area (Å²) in [5.74, 6) is -0.179. The van der Waals surface area contributed by atoms with Gasteiger partial charge in [-0.2, -0.15) is 0 Å². The van der Waals surface area contributed by atoms with Crippen LogP contribution in [-0.2, 0) is 16.3 Å². The van der Waals surface area contributed by atoms with Crippen LogP contribution in [0.4, 0.5) is 0 Å². The van der Waals surface area contributed by atoms with E-state index in [1.54, 1.807) is 0 Å². The van der Waals surface area contributed by atoms with Crippen LogP contribution in [0.2, 0.25) is 0 Å². The lowest BCUT2D eigenvalue weighted by Gasteiger charge is -2.16. The summed E-state index contributed by atoms with van der Waals surface area (Å²) in [5, 5.41) is 0. The fraction of sp³-hybridized carbons (Fsp3) is 0.500. The highest BCUT2D eigenvalue weighted by Crippen LogP contribution is 2.15. The average Bonchev–Trinajstić information content (AvgIpc) is 2.50. The molecule has 72 valence electrons. The quantitative estimate of drug-likeness (QED) is 0.654. The topological polar surface area (TPSA) is 31.2 Å². The molecule has 1 aromatic rings. The van der Waals surface area contributed by atoms with Gasteiger partial charge in [0.2, 0.25) is 0 Å². The lowest BCUT2D eigenvalue weighted by molar-refractivity contribution is -0.156. The molecule has 0 bridgehead atoms. The first-order chi connectivity index (χ1) is 6.00. The van der Waals surface area contributed by atoms with Crippen molar-refractivity contribution in [1.82, 2.24) is 4.57 Å². The molecule has 13 heavy (non-hydrogen) atoms. The molecule has 0 radical (unpaired) electrons. The zero-order chi connectivity index (χ0) is 9.90. The molecule has 3 nitrogen and oxygen atoms in total. The highest BCUT2D eigenvalue weighted by Gasteiger charge is 2.22. The van der Waals surface area contributed by atoms with Gasteiger partial charge in [-0.25, -0.2) is 0 Å². The molecule has 0 unspecified atom stereocenters. The molecule has 0 aliphatic carbocycles. The van der Waals surface area contributed by atoms with Crippen LogP contribution in [0.3, 0.4) is 0 Å². The second kappa shape index (κ2) is 3.64. The second-order valence-corrected chi connectivity index (χ2v) is 4.01. The van der Waals surface area contributed by atoms with E-state index in [4.69, 9.17) is 4.74 Å². The maximum absolute atomic E-state index is 11.3. The van der Waals surface area contributed by atoms with Crippen molar-refractivity contribution in [1.29, 1.82) is 0 Å². The average molecular weight is 181 g/mol. The lowest BCUT2D eigenvalue weighted by atomic mass is 9.98. The monoisotopic (exact) mass is 181 g/mol. The summed E-state index contributed by atoms with van der Waals surface area (Å²) in [5.41, 5.74) is -0.423. The van der Waals surface area contributed by atoms with Gasteiger partial charge in [0.1, 0.15) is 0 Å². The van der Waals surface area contributed by atoms with E-state index in [-0.39, 0.29) is 5.97 Å². The van der Waals surface area contributed by atoms with Crippen molar-refractivity contribution >= 4 is 5.97 Å². The summed E-state index contributed by atoms with van der Waals surface area (Å²) in [7, 11) is 0. The van der Waals surface area contributed by atoms with Gasteiger partial charge in [-0.3, -0.25) is 4.79 Å². The molecule has 0 spiro atoms. The van der Waals surface area contributed by atoms with Crippen LogP contribution in [-0.4, -0.2) is 10.5 Å². The highest BCUT2D eigenvalue weighted by molar-refractivity contribution is 5.75. The number of hydrogen-bond acceptors (Lipinski definition) is 2. The van der Waals surface area contributed by atoms with Crippen LogP contribution in [0.15, 0.2) is 24.5 Å². The van der Waals surface area contributed by atoms with Crippen molar-refractivity contribution in [2.24, 2.45) is 5.41 Å². The fourth-order valence-electron chi connectivity index (χ4n) is 0.806. The van der Waals surface area contributed by atoms with Crippen LogP contribution >= 0.6 is 0 Å². The Morgan fingerprint density at radius 1 is 1.31 bits per heavy atom. The predicted octanol–water partition coefficient (Wildman–Crippen LogP) is 2.03. The standard InChI is InChI=1S/C10H15NO2/c1-10(2,3)9(12)13-8-11-6-4-5-7-11/h4-7H,8H2,1-3H3. The Balaban J connectivity index is 2.40. The fourth-order valence-corrected chi connectivity index (χ4v) is 0.806. The number of rotatable bonds is 2. The van der Waals surface area contributed by atoms with E-state index in [1.807, 2.05) is 49.9 Å². The van der Waals surface area contributed by atoms with Gasteiger partial charge < -0.3 is 9.30 Å². The zero-order valence-electron chi connectivity index (χ0n) is 8.28. The van der Waals surface area contributed by atoms with Crippen molar-refractivity contribution in [2.45, 2.75) is 27.5 Å². The van der Waals surface area contributed by atoms with E-state index in [0.29, 0.717) is 6.73 Å². The third kappa shape index (κ3) is 2.93. The Morgan fingerprint density at radius 2 is 1.85 bits per heavy atom. The summed E-state index contributed by atoms with van der Waals surface area (Å²) < 4.78 is 6.88. The van der Waals surface area contributed by atoms with Crippen LogP contribution in [0, 0.1) is 5.41 Å². The smallest absolute Gasteiger partial charge is 0.312 e. The van der Waals surface area contributed by atoms with Gasteiger partial charge in [-0.05, 0) is 32.9 Å². The summed E-state index contributed by atoms with van der Waals surface area (Å²) in [6.45, 7) is 5.81. The van der Waals surface area contributed by atoms with Crippen LogP contribution in [0.25, 0.3) is 0 Å². The van der Waals surface area contributed by atoms with E-state index < -0.39 is 5.41 Å². The molecular weight excluding hydrogens is 166 g/mol. The first kappa shape index (κ1) is 9.84. The van der Waals surface area contributed by atoms with E-state index in [2.05, 4.69) is 0 Å². The Kier molecular flexibility index (Phi) is 2.76. The van der Waals surface area contributed by atoms with Gasteiger partial charge in [0.25, 0.3) is 0 Å². The van der Waals surface area contributed by atoms with Crippen LogP contribution in [0.5, 0.6) is 0 Å². The van der Waals surface area contributed by atoms with Gasteiger partial charge in [0.05, 0.1) is 5.41 Å². The van der Waals surface area contributed by atoms with Gasteiger partial charge >= 0.3 is 5.97 Å². The minimum Gasteiger partial charge on any atom is -0.444 e. The molecule has 0 saturated heterocycles. The molecule has 0 atom stereocenters. The van der Waals surface area contributed by atoms with Crippen molar-refractivity contribution in [2.75, 3.05) is 0 Å². The molecule has 3 heteroatoms. The molecule has 0 amide bonds. The lowest BCUT2D eigenvalue weighted by Crippen LogP contribution is -2.23. The molecule has 0 aliphatic heterocycles. The highest BCUT2D eigenvalue weighted by atomic mass is 16.5. The first-order valence-electron chi connectivity index (χ1n) is 4.28. The summed E-state index contributed by atoms with van der Waals surface area (Å²) >= 11 is 0. The molecule has 0 aliphatic rings. The maximum Gasteiger partial charge on any atom is 0.312 e. The maximum atomic E-state index is 11.3. The molecule has 0 saturated carbocycles. The van der Waals surface area contributed by atoms with E-state index >= 15 is 0 Å². The van der Waals surface area contributed by atoms with Gasteiger partial charge in [-0.1, -0.05) is 0 Å². The molecule has 0 N–H and O–H groups in total. The summed E-state index contributed by atoms with van der Waals surface area (Å²) in [6, 6.07) is 3.79. The summed E-state index contributed by atoms with van der Waals surface area (Å²) in [4.78, 5) is 11.3. The van der Waals surface area contributed by atoms with E-state index in [9.17, 15) is 4.79 Å². The summed E-state index contributed by atoms with van der Waals surface area (Å²) in [6.07, 6.45) is 3.71. The largest absolute Gasteiger partial charge is 0.444 e. The van der Waals surface area contributed by atoms with Crippen LogP contribution in [0.1, 0.15) is 20.8 Å². The predicted molar refractivity (Wildman–Crippen MR) is 50.0 cm³/mol. The second-order valence-electron chi connectivity index (χ2n) is 4.01. The number of ether oxygens (including phenoxy) is 1. The van der Waals surface area contributed by atoms with Crippen molar-refractivity contribution in [3.8, 4) is 0 Å². The third-order valence-electron chi connectivity index (χ3n) is 1.62. The van der Waals surface area contributed by atoms with Crippen molar-refractivity contribution < 1.29 is 9.53 Å². The number of carbonyl (C=O) groups excluding carboxylic acids is 1. The molecule has 1 heterocycles. The first-order valence-corrected chi connectivity index (χ1v) is 4.28. The molecule has 1 aromatic heterocycles. The van der Waals surface area contributed by atoms with E-state index in [0.717, 1.165) is 0 Å². The zero-order valence-corrected chi connectivity index (χ0v) is 8.28. The van der Waals surface area contributed by atoms with Crippen LogP contribution < -0.4 is 0 Å². The number of carbonyl (C=O) groups is 1. The Morgan fingerprint density at radius 3 is 2.31 bits per heavy atom. The van der Waals surface area contributed by atoms with Gasteiger partial charge in [0.15, 0.2) is 6.73 Å². The minimum atomic E-state index is -0.423. The Labute approximate surface area is 78.3 Å². The minimum absolute atomic E-state index is 0.179. The number of aromatic nitrogens is 1. The van der Waals surface area contributed by atoms with E-state index in [1.165, 1.54) is 0 Å². The molecule has 1 rings (SSSR count). The molecular formula is C10H15NO2. The number of nitrogens with zero attached hydrogens (tertiary/aromatic N) is 1.